The molecule has 2 atom stereocenters. The van der Waals surface area contributed by atoms with Crippen molar-refractivity contribution in [3.8, 4) is 6.07 Å². The summed E-state index contributed by atoms with van der Waals surface area (Å²) in [6, 6.07) is 21.1. The molecule has 0 aliphatic carbocycles. The van der Waals surface area contributed by atoms with E-state index in [-0.39, 0.29) is 12.0 Å². The molecule has 1 aliphatic rings. The van der Waals surface area contributed by atoms with Gasteiger partial charge in [0.2, 0.25) is 0 Å². The first kappa shape index (κ1) is 14.4. The van der Waals surface area contributed by atoms with Crippen LogP contribution in [0.3, 0.4) is 0 Å². The molecular weight excluding hydrogens is 268 g/mol. The van der Waals surface area contributed by atoms with Crippen molar-refractivity contribution < 1.29 is 0 Å². The van der Waals surface area contributed by atoms with E-state index >= 15 is 0 Å². The van der Waals surface area contributed by atoms with Gasteiger partial charge in [0.15, 0.2) is 0 Å². The molecule has 110 valence electrons. The van der Waals surface area contributed by atoms with Gasteiger partial charge in [0.05, 0.1) is 6.07 Å². The fraction of sp³-hybridized carbons (Fsp3) is 0.250. The van der Waals surface area contributed by atoms with Crippen LogP contribution in [0, 0.1) is 17.2 Å². The van der Waals surface area contributed by atoms with E-state index < -0.39 is 0 Å². The van der Waals surface area contributed by atoms with Gasteiger partial charge >= 0.3 is 0 Å². The minimum Gasteiger partial charge on any atom is -0.355 e. The van der Waals surface area contributed by atoms with Crippen LogP contribution in [0.2, 0.25) is 0 Å². The van der Waals surface area contributed by atoms with Crippen LogP contribution in [0.1, 0.15) is 18.1 Å². The monoisotopic (exact) mass is 288 g/mol. The molecule has 2 heteroatoms. The van der Waals surface area contributed by atoms with Crippen LogP contribution in [-0.4, -0.2) is 12.6 Å². The average molecular weight is 288 g/mol. The van der Waals surface area contributed by atoms with Gasteiger partial charge in [0.1, 0.15) is 6.04 Å². The van der Waals surface area contributed by atoms with Gasteiger partial charge in [-0.1, -0.05) is 61.5 Å². The van der Waals surface area contributed by atoms with Crippen LogP contribution in [0.5, 0.6) is 0 Å². The molecule has 22 heavy (non-hydrogen) atoms. The highest BCUT2D eigenvalue weighted by Crippen LogP contribution is 2.25. The molecule has 2 aromatic carbocycles. The fourth-order valence-corrected chi connectivity index (χ4v) is 3.05. The Balaban J connectivity index is 2.01. The molecule has 0 fully saturated rings. The highest BCUT2D eigenvalue weighted by molar-refractivity contribution is 5.57. The van der Waals surface area contributed by atoms with Gasteiger partial charge in [-0.15, -0.1) is 0 Å². The van der Waals surface area contributed by atoms with Gasteiger partial charge in [-0.3, -0.25) is 0 Å². The molecule has 1 heterocycles. The van der Waals surface area contributed by atoms with E-state index in [2.05, 4.69) is 66.4 Å². The van der Waals surface area contributed by atoms with Crippen molar-refractivity contribution in [2.75, 3.05) is 11.4 Å². The van der Waals surface area contributed by atoms with E-state index in [1.807, 2.05) is 18.2 Å². The summed E-state index contributed by atoms with van der Waals surface area (Å²) in [7, 11) is 0. The van der Waals surface area contributed by atoms with Crippen molar-refractivity contribution in [2.45, 2.75) is 19.4 Å². The Morgan fingerprint density at radius 3 is 2.55 bits per heavy atom. The first-order valence-electron chi connectivity index (χ1n) is 7.77. The quantitative estimate of drug-likeness (QED) is 0.782. The minimum absolute atomic E-state index is 0.145. The summed E-state index contributed by atoms with van der Waals surface area (Å²) < 4.78 is 0. The summed E-state index contributed by atoms with van der Waals surface area (Å²) in [5, 5.41) is 9.69. The minimum atomic E-state index is -0.145. The number of benzene rings is 2. The predicted molar refractivity (Wildman–Crippen MR) is 91.5 cm³/mol. The lowest BCUT2D eigenvalue weighted by molar-refractivity contribution is 0.578. The van der Waals surface area contributed by atoms with Gasteiger partial charge in [-0.05, 0) is 29.7 Å². The van der Waals surface area contributed by atoms with Crippen molar-refractivity contribution >= 4 is 11.8 Å². The fourth-order valence-electron chi connectivity index (χ4n) is 3.05. The zero-order valence-corrected chi connectivity index (χ0v) is 12.8. The molecule has 0 saturated carbocycles. The van der Waals surface area contributed by atoms with Gasteiger partial charge in [-0.25, -0.2) is 0 Å². The Hall–Kier alpha value is -2.53. The molecule has 2 nitrogen and oxygen atoms in total. The van der Waals surface area contributed by atoms with Crippen LogP contribution in [0.25, 0.3) is 6.08 Å². The molecule has 0 unspecified atom stereocenters. The average Bonchev–Trinajstić information content (AvgIpc) is 2.64. The van der Waals surface area contributed by atoms with Crippen LogP contribution < -0.4 is 4.90 Å². The highest BCUT2D eigenvalue weighted by Gasteiger charge is 2.24. The summed E-state index contributed by atoms with van der Waals surface area (Å²) in [5.41, 5.74) is 3.72. The lowest BCUT2D eigenvalue weighted by Gasteiger charge is -2.31. The summed E-state index contributed by atoms with van der Waals surface area (Å²) in [6.07, 6.45) is 5.27. The number of para-hydroxylation sites is 1. The third kappa shape index (κ3) is 2.89. The van der Waals surface area contributed by atoms with Crippen LogP contribution >= 0.6 is 0 Å². The summed E-state index contributed by atoms with van der Waals surface area (Å²) in [4.78, 5) is 2.23. The van der Waals surface area contributed by atoms with E-state index in [9.17, 15) is 5.26 Å². The van der Waals surface area contributed by atoms with E-state index in [4.69, 9.17) is 0 Å². The Morgan fingerprint density at radius 1 is 1.05 bits per heavy atom. The van der Waals surface area contributed by atoms with Gasteiger partial charge in [0.25, 0.3) is 0 Å². The molecule has 0 aromatic heterocycles. The molecule has 0 radical (unpaired) electrons. The summed E-state index contributed by atoms with van der Waals surface area (Å²) in [5.74, 6) is 0.177. The smallest absolute Gasteiger partial charge is 0.123 e. The van der Waals surface area contributed by atoms with Crippen LogP contribution in [0.15, 0.2) is 60.7 Å². The molecule has 0 amide bonds. The third-order valence-corrected chi connectivity index (χ3v) is 4.31. The molecule has 1 aliphatic heterocycles. The van der Waals surface area contributed by atoms with Gasteiger partial charge in [0, 0.05) is 18.2 Å². The largest absolute Gasteiger partial charge is 0.355 e. The Kier molecular flexibility index (Phi) is 4.25. The Bertz CT molecular complexity index is 697. The third-order valence-electron chi connectivity index (χ3n) is 4.31. The molecular formula is C20H20N2. The van der Waals surface area contributed by atoms with Crippen LogP contribution in [0.4, 0.5) is 5.69 Å². The summed E-state index contributed by atoms with van der Waals surface area (Å²) in [6.45, 7) is 2.97. The lowest BCUT2D eigenvalue weighted by atomic mass is 9.99. The van der Waals surface area contributed by atoms with Crippen molar-refractivity contribution in [3.63, 3.8) is 0 Å². The topological polar surface area (TPSA) is 27.0 Å². The van der Waals surface area contributed by atoms with E-state index in [1.165, 1.54) is 11.1 Å². The van der Waals surface area contributed by atoms with Crippen molar-refractivity contribution in [1.82, 2.24) is 0 Å². The maximum Gasteiger partial charge on any atom is 0.123 e. The SMILES string of the molecule is C[C@@H]1/C=C/c2ccccc2CCN(c2ccccc2)[C@@H]1C#N. The number of nitrogens with zero attached hydrogens (tertiary/aromatic N) is 2. The maximum absolute atomic E-state index is 9.69. The predicted octanol–water partition coefficient (Wildman–Crippen LogP) is 4.29. The standard InChI is InChI=1S/C20H20N2/c1-16-11-12-17-7-5-6-8-18(17)13-14-22(20(16)15-21)19-9-3-2-4-10-19/h2-12,16,20H,13-14H2,1H3/b12-11+/t16-,20-/m1/s1. The highest BCUT2D eigenvalue weighted by atomic mass is 15.2. The zero-order valence-electron chi connectivity index (χ0n) is 12.8. The maximum atomic E-state index is 9.69. The normalized spacial score (nSPS) is 22.6. The van der Waals surface area contributed by atoms with Gasteiger partial charge in [-0.2, -0.15) is 5.26 Å². The number of hydrogen-bond donors (Lipinski definition) is 0. The lowest BCUT2D eigenvalue weighted by Crippen LogP contribution is -2.39. The summed E-state index contributed by atoms with van der Waals surface area (Å²) >= 11 is 0. The first-order valence-corrected chi connectivity index (χ1v) is 7.77. The number of rotatable bonds is 1. The molecule has 0 bridgehead atoms. The number of fused-ring (bicyclic) bond motifs is 1. The second-order valence-electron chi connectivity index (χ2n) is 5.77. The van der Waals surface area contributed by atoms with E-state index in [1.54, 1.807) is 0 Å². The van der Waals surface area contributed by atoms with Crippen molar-refractivity contribution in [2.24, 2.45) is 5.92 Å². The molecule has 3 rings (SSSR count). The molecule has 0 spiro atoms. The second kappa shape index (κ2) is 6.49. The van der Waals surface area contributed by atoms with E-state index in [0.717, 1.165) is 18.7 Å². The van der Waals surface area contributed by atoms with Crippen LogP contribution in [-0.2, 0) is 6.42 Å². The Labute approximate surface area is 132 Å². The Morgan fingerprint density at radius 2 is 1.77 bits per heavy atom. The molecule has 2 aromatic rings. The number of hydrogen-bond acceptors (Lipinski definition) is 2. The van der Waals surface area contributed by atoms with E-state index in [0.29, 0.717) is 0 Å². The van der Waals surface area contributed by atoms with Gasteiger partial charge < -0.3 is 4.90 Å². The first-order chi connectivity index (χ1) is 10.8. The second-order valence-corrected chi connectivity index (χ2v) is 5.77. The zero-order chi connectivity index (χ0) is 15.4. The van der Waals surface area contributed by atoms with Crippen molar-refractivity contribution in [1.29, 1.82) is 5.26 Å². The van der Waals surface area contributed by atoms with Crippen molar-refractivity contribution in [3.05, 3.63) is 71.8 Å². The number of nitriles is 1. The molecule has 0 saturated heterocycles. The molecule has 0 N–H and O–H groups in total. The number of anilines is 1.